The Hall–Kier alpha value is -2.66. The number of para-hydroxylation sites is 1. The molecule has 3 rings (SSSR count). The Bertz CT molecular complexity index is 752. The Morgan fingerprint density at radius 2 is 1.95 bits per heavy atom. The maximum atomic E-state index is 5.66. The molecule has 0 saturated heterocycles. The Labute approximate surface area is 129 Å². The van der Waals surface area contributed by atoms with Crippen LogP contribution in [0.2, 0.25) is 0 Å². The molecule has 0 fully saturated rings. The maximum Gasteiger partial charge on any atom is 0.153 e. The van der Waals surface area contributed by atoms with E-state index in [9.17, 15) is 0 Å². The summed E-state index contributed by atoms with van der Waals surface area (Å²) in [6.45, 7) is 0.560. The van der Waals surface area contributed by atoms with Gasteiger partial charge in [-0.3, -0.25) is 0 Å². The van der Waals surface area contributed by atoms with Crippen LogP contribution in [0.4, 0.5) is 0 Å². The lowest BCUT2D eigenvalue weighted by Crippen LogP contribution is -2.05. The number of methoxy groups -OCH3 is 1. The fourth-order valence-electron chi connectivity index (χ4n) is 2.40. The van der Waals surface area contributed by atoms with Gasteiger partial charge in [-0.1, -0.05) is 18.2 Å². The first-order valence-electron chi connectivity index (χ1n) is 7.17. The van der Waals surface area contributed by atoms with Crippen molar-refractivity contribution in [3.63, 3.8) is 0 Å². The van der Waals surface area contributed by atoms with Gasteiger partial charge >= 0.3 is 0 Å². The SMILES string of the molecule is COc1ccccc1-c1cc(CCN)nn1-c1ccccn1. The number of pyridine rings is 1. The summed E-state index contributed by atoms with van der Waals surface area (Å²) in [6.07, 6.45) is 2.48. The molecule has 5 heteroatoms. The minimum absolute atomic E-state index is 0.560. The number of nitrogens with zero attached hydrogens (tertiary/aromatic N) is 3. The molecule has 0 aliphatic rings. The number of aromatic nitrogens is 3. The van der Waals surface area contributed by atoms with Crippen molar-refractivity contribution in [1.82, 2.24) is 14.8 Å². The van der Waals surface area contributed by atoms with Crippen LogP contribution < -0.4 is 10.5 Å². The van der Waals surface area contributed by atoms with Gasteiger partial charge in [0.2, 0.25) is 0 Å². The molecule has 5 nitrogen and oxygen atoms in total. The van der Waals surface area contributed by atoms with Gasteiger partial charge in [-0.15, -0.1) is 0 Å². The molecule has 2 aromatic heterocycles. The zero-order valence-electron chi connectivity index (χ0n) is 12.4. The number of rotatable bonds is 5. The molecule has 1 aromatic carbocycles. The van der Waals surface area contributed by atoms with Crippen molar-refractivity contribution < 1.29 is 4.74 Å². The zero-order chi connectivity index (χ0) is 15.4. The summed E-state index contributed by atoms with van der Waals surface area (Å²) in [7, 11) is 1.67. The van der Waals surface area contributed by atoms with Gasteiger partial charge in [-0.05, 0) is 36.9 Å². The minimum Gasteiger partial charge on any atom is -0.496 e. The lowest BCUT2D eigenvalue weighted by atomic mass is 10.1. The summed E-state index contributed by atoms with van der Waals surface area (Å²) < 4.78 is 7.31. The van der Waals surface area contributed by atoms with Crippen LogP contribution in [-0.4, -0.2) is 28.4 Å². The van der Waals surface area contributed by atoms with Crippen LogP contribution in [0.1, 0.15) is 5.69 Å². The van der Waals surface area contributed by atoms with Crippen molar-refractivity contribution in [3.8, 4) is 22.8 Å². The number of hydrogen-bond acceptors (Lipinski definition) is 4. The standard InChI is InChI=1S/C17H18N4O/c1-22-16-7-3-2-6-14(16)15-12-13(9-10-18)20-21(15)17-8-4-5-11-19-17/h2-8,11-12H,9-10,18H2,1H3. The fraction of sp³-hybridized carbons (Fsp3) is 0.176. The Balaban J connectivity index is 2.17. The average molecular weight is 294 g/mol. The highest BCUT2D eigenvalue weighted by molar-refractivity contribution is 5.69. The summed E-state index contributed by atoms with van der Waals surface area (Å²) >= 11 is 0. The lowest BCUT2D eigenvalue weighted by molar-refractivity contribution is 0.416. The second-order valence-corrected chi connectivity index (χ2v) is 4.86. The van der Waals surface area contributed by atoms with Crippen molar-refractivity contribution in [3.05, 3.63) is 60.4 Å². The fourth-order valence-corrected chi connectivity index (χ4v) is 2.40. The molecular weight excluding hydrogens is 276 g/mol. The molecule has 2 N–H and O–H groups in total. The van der Waals surface area contributed by atoms with Crippen LogP contribution in [-0.2, 0) is 6.42 Å². The first-order valence-corrected chi connectivity index (χ1v) is 7.17. The van der Waals surface area contributed by atoms with E-state index in [2.05, 4.69) is 10.1 Å². The molecule has 0 unspecified atom stereocenters. The van der Waals surface area contributed by atoms with E-state index in [0.29, 0.717) is 6.54 Å². The smallest absolute Gasteiger partial charge is 0.153 e. The van der Waals surface area contributed by atoms with Crippen molar-refractivity contribution in [1.29, 1.82) is 0 Å². The van der Waals surface area contributed by atoms with Gasteiger partial charge < -0.3 is 10.5 Å². The summed E-state index contributed by atoms with van der Waals surface area (Å²) in [4.78, 5) is 4.39. The summed E-state index contributed by atoms with van der Waals surface area (Å²) in [5.74, 6) is 1.57. The highest BCUT2D eigenvalue weighted by Gasteiger charge is 2.15. The van der Waals surface area contributed by atoms with Gasteiger partial charge in [0.25, 0.3) is 0 Å². The number of hydrogen-bond donors (Lipinski definition) is 1. The largest absolute Gasteiger partial charge is 0.496 e. The van der Waals surface area contributed by atoms with Crippen LogP contribution in [0, 0.1) is 0 Å². The summed E-state index contributed by atoms with van der Waals surface area (Å²) in [6, 6.07) is 15.7. The first kappa shape index (κ1) is 14.3. The first-order chi connectivity index (χ1) is 10.8. The Morgan fingerprint density at radius 3 is 2.68 bits per heavy atom. The van der Waals surface area contributed by atoms with Crippen molar-refractivity contribution in [2.75, 3.05) is 13.7 Å². The van der Waals surface area contributed by atoms with E-state index in [-0.39, 0.29) is 0 Å². The maximum absolute atomic E-state index is 5.66. The van der Waals surface area contributed by atoms with Crippen LogP contribution in [0.25, 0.3) is 17.1 Å². The van der Waals surface area contributed by atoms with Gasteiger partial charge in [-0.2, -0.15) is 5.10 Å². The molecule has 2 heterocycles. The highest BCUT2D eigenvalue weighted by atomic mass is 16.5. The zero-order valence-corrected chi connectivity index (χ0v) is 12.4. The molecule has 0 amide bonds. The lowest BCUT2D eigenvalue weighted by Gasteiger charge is -2.10. The highest BCUT2D eigenvalue weighted by Crippen LogP contribution is 2.31. The second kappa shape index (κ2) is 6.41. The molecule has 0 saturated carbocycles. The monoisotopic (exact) mass is 294 g/mol. The van der Waals surface area contributed by atoms with E-state index >= 15 is 0 Å². The second-order valence-electron chi connectivity index (χ2n) is 4.86. The van der Waals surface area contributed by atoms with Crippen LogP contribution in [0.5, 0.6) is 5.75 Å². The van der Waals surface area contributed by atoms with Gasteiger partial charge in [-0.25, -0.2) is 9.67 Å². The third-order valence-corrected chi connectivity index (χ3v) is 3.41. The molecule has 0 spiro atoms. The van der Waals surface area contributed by atoms with E-state index in [4.69, 9.17) is 10.5 Å². The Kier molecular flexibility index (Phi) is 4.16. The molecule has 0 aliphatic heterocycles. The predicted molar refractivity (Wildman–Crippen MR) is 86.1 cm³/mol. The molecule has 112 valence electrons. The number of ether oxygens (including phenoxy) is 1. The van der Waals surface area contributed by atoms with Gasteiger partial charge in [0.1, 0.15) is 5.75 Å². The predicted octanol–water partition coefficient (Wildman–Crippen LogP) is 2.44. The quantitative estimate of drug-likeness (QED) is 0.785. The van der Waals surface area contributed by atoms with Gasteiger partial charge in [0.05, 0.1) is 18.5 Å². The van der Waals surface area contributed by atoms with Crippen molar-refractivity contribution >= 4 is 0 Å². The molecule has 0 atom stereocenters. The average Bonchev–Trinajstić information content (AvgIpc) is 3.00. The van der Waals surface area contributed by atoms with E-state index in [1.54, 1.807) is 13.3 Å². The third kappa shape index (κ3) is 2.71. The third-order valence-electron chi connectivity index (χ3n) is 3.41. The van der Waals surface area contributed by atoms with Gasteiger partial charge in [0.15, 0.2) is 5.82 Å². The topological polar surface area (TPSA) is 66.0 Å². The molecule has 0 aliphatic carbocycles. The number of nitrogens with two attached hydrogens (primary N) is 1. The van der Waals surface area contributed by atoms with Crippen LogP contribution >= 0.6 is 0 Å². The molecular formula is C17H18N4O. The summed E-state index contributed by atoms with van der Waals surface area (Å²) in [5, 5.41) is 4.64. The Morgan fingerprint density at radius 1 is 1.14 bits per heavy atom. The van der Waals surface area contributed by atoms with E-state index in [1.807, 2.05) is 53.2 Å². The van der Waals surface area contributed by atoms with Crippen LogP contribution in [0.15, 0.2) is 54.7 Å². The van der Waals surface area contributed by atoms with E-state index < -0.39 is 0 Å². The molecule has 3 aromatic rings. The molecule has 0 bridgehead atoms. The number of benzene rings is 1. The van der Waals surface area contributed by atoms with Crippen molar-refractivity contribution in [2.45, 2.75) is 6.42 Å². The van der Waals surface area contributed by atoms with Crippen LogP contribution in [0.3, 0.4) is 0 Å². The van der Waals surface area contributed by atoms with E-state index in [0.717, 1.165) is 34.9 Å². The molecule has 22 heavy (non-hydrogen) atoms. The molecule has 0 radical (unpaired) electrons. The normalized spacial score (nSPS) is 10.6. The van der Waals surface area contributed by atoms with Crippen molar-refractivity contribution in [2.24, 2.45) is 5.73 Å². The van der Waals surface area contributed by atoms with E-state index in [1.165, 1.54) is 0 Å². The minimum atomic E-state index is 0.560. The summed E-state index contributed by atoms with van der Waals surface area (Å²) in [5.41, 5.74) is 8.52. The van der Waals surface area contributed by atoms with Gasteiger partial charge in [0, 0.05) is 18.2 Å².